The van der Waals surface area contributed by atoms with Crippen LogP contribution in [-0.2, 0) is 11.3 Å². The second-order valence-electron chi connectivity index (χ2n) is 4.14. The average Bonchev–Trinajstić information content (AvgIpc) is 2.46. The third kappa shape index (κ3) is 3.31. The number of pyridine rings is 1. The molecule has 0 N–H and O–H groups in total. The van der Waals surface area contributed by atoms with Crippen molar-refractivity contribution >= 4 is 5.97 Å². The van der Waals surface area contributed by atoms with Crippen LogP contribution in [0, 0.1) is 6.92 Å². The molecule has 98 valence electrons. The van der Waals surface area contributed by atoms with Gasteiger partial charge in [0, 0.05) is 12.4 Å². The van der Waals surface area contributed by atoms with E-state index in [1.165, 1.54) is 7.11 Å². The summed E-state index contributed by atoms with van der Waals surface area (Å²) >= 11 is 0. The van der Waals surface area contributed by atoms with Crippen LogP contribution in [0.25, 0.3) is 0 Å². The molecular weight excluding hydrogens is 242 g/mol. The van der Waals surface area contributed by atoms with E-state index < -0.39 is 5.97 Å². The molecule has 19 heavy (non-hydrogen) atoms. The van der Waals surface area contributed by atoms with Crippen LogP contribution >= 0.6 is 0 Å². The van der Waals surface area contributed by atoms with Crippen LogP contribution in [0.4, 0.5) is 0 Å². The first-order chi connectivity index (χ1) is 9.20. The second-order valence-corrected chi connectivity index (χ2v) is 4.14. The largest absolute Gasteiger partial charge is 0.488 e. The molecule has 4 nitrogen and oxygen atoms in total. The molecule has 1 heterocycles. The molecule has 4 heteroatoms. The van der Waals surface area contributed by atoms with Gasteiger partial charge in [-0.3, -0.25) is 4.98 Å². The molecule has 0 bridgehead atoms. The molecule has 0 atom stereocenters. The van der Waals surface area contributed by atoms with E-state index in [1.54, 1.807) is 24.5 Å². The highest BCUT2D eigenvalue weighted by atomic mass is 16.5. The number of hydrogen-bond acceptors (Lipinski definition) is 4. The maximum absolute atomic E-state index is 11.7. The summed E-state index contributed by atoms with van der Waals surface area (Å²) in [6, 6.07) is 9.17. The van der Waals surface area contributed by atoms with E-state index in [1.807, 2.05) is 25.1 Å². The lowest BCUT2D eigenvalue weighted by atomic mass is 10.1. The summed E-state index contributed by atoms with van der Waals surface area (Å²) in [6.07, 6.45) is 3.41. The van der Waals surface area contributed by atoms with Gasteiger partial charge in [0.2, 0.25) is 0 Å². The minimum Gasteiger partial charge on any atom is -0.488 e. The number of rotatable bonds is 4. The van der Waals surface area contributed by atoms with E-state index in [0.717, 1.165) is 11.1 Å². The highest BCUT2D eigenvalue weighted by Gasteiger charge is 2.13. The van der Waals surface area contributed by atoms with E-state index in [0.29, 0.717) is 17.9 Å². The van der Waals surface area contributed by atoms with Gasteiger partial charge in [0.15, 0.2) is 0 Å². The molecule has 2 aromatic rings. The van der Waals surface area contributed by atoms with Crippen LogP contribution in [0.1, 0.15) is 21.5 Å². The molecule has 0 unspecified atom stereocenters. The van der Waals surface area contributed by atoms with Crippen molar-refractivity contribution in [2.24, 2.45) is 0 Å². The molecular formula is C15H15NO3. The van der Waals surface area contributed by atoms with Crippen molar-refractivity contribution in [3.63, 3.8) is 0 Å². The minimum absolute atomic E-state index is 0.384. The maximum Gasteiger partial charge on any atom is 0.341 e. The van der Waals surface area contributed by atoms with Crippen molar-refractivity contribution in [1.29, 1.82) is 0 Å². The predicted molar refractivity (Wildman–Crippen MR) is 71.1 cm³/mol. The monoisotopic (exact) mass is 257 g/mol. The molecule has 0 aliphatic heterocycles. The highest BCUT2D eigenvalue weighted by molar-refractivity contribution is 5.92. The molecule has 0 aliphatic carbocycles. The van der Waals surface area contributed by atoms with Crippen molar-refractivity contribution in [2.75, 3.05) is 7.11 Å². The summed E-state index contributed by atoms with van der Waals surface area (Å²) in [5.74, 6) is 0.127. The fourth-order valence-corrected chi connectivity index (χ4v) is 1.68. The van der Waals surface area contributed by atoms with Gasteiger partial charge in [-0.25, -0.2) is 4.79 Å². The number of benzene rings is 1. The first kappa shape index (κ1) is 13.1. The quantitative estimate of drug-likeness (QED) is 0.790. The van der Waals surface area contributed by atoms with Gasteiger partial charge < -0.3 is 9.47 Å². The van der Waals surface area contributed by atoms with Gasteiger partial charge in [0.1, 0.15) is 17.9 Å². The first-order valence-electron chi connectivity index (χ1n) is 5.91. The fraction of sp³-hybridized carbons (Fsp3) is 0.200. The number of methoxy groups -OCH3 is 1. The topological polar surface area (TPSA) is 48.4 Å². The summed E-state index contributed by atoms with van der Waals surface area (Å²) in [7, 11) is 1.36. The SMILES string of the molecule is COC(=O)c1cc(C)ccc1OCc1ccncc1. The number of nitrogens with zero attached hydrogens (tertiary/aromatic N) is 1. The molecule has 0 saturated heterocycles. The predicted octanol–water partition coefficient (Wildman–Crippen LogP) is 2.76. The van der Waals surface area contributed by atoms with Crippen molar-refractivity contribution in [2.45, 2.75) is 13.5 Å². The Morgan fingerprint density at radius 1 is 1.21 bits per heavy atom. The van der Waals surface area contributed by atoms with Crippen LogP contribution < -0.4 is 4.74 Å². The van der Waals surface area contributed by atoms with Crippen LogP contribution in [-0.4, -0.2) is 18.1 Å². The number of aryl methyl sites for hydroxylation is 1. The molecule has 0 aliphatic rings. The molecule has 1 aromatic heterocycles. The number of esters is 1. The summed E-state index contributed by atoms with van der Waals surface area (Å²) in [5, 5.41) is 0. The third-order valence-corrected chi connectivity index (χ3v) is 2.68. The zero-order valence-corrected chi connectivity index (χ0v) is 10.9. The van der Waals surface area contributed by atoms with Crippen molar-refractivity contribution in [3.8, 4) is 5.75 Å². The van der Waals surface area contributed by atoms with Gasteiger partial charge in [-0.2, -0.15) is 0 Å². The Balaban J connectivity index is 2.18. The smallest absolute Gasteiger partial charge is 0.341 e. The Hall–Kier alpha value is -2.36. The van der Waals surface area contributed by atoms with E-state index in [2.05, 4.69) is 4.98 Å². The zero-order valence-electron chi connectivity index (χ0n) is 10.9. The van der Waals surface area contributed by atoms with E-state index in [9.17, 15) is 4.79 Å². The summed E-state index contributed by atoms with van der Waals surface area (Å²) < 4.78 is 10.4. The standard InChI is InChI=1S/C15H15NO3/c1-11-3-4-14(13(9-11)15(17)18-2)19-10-12-5-7-16-8-6-12/h3-9H,10H2,1-2H3. The summed E-state index contributed by atoms with van der Waals surface area (Å²) in [6.45, 7) is 2.30. The molecule has 2 rings (SSSR count). The Labute approximate surface area is 112 Å². The normalized spacial score (nSPS) is 10.0. The second kappa shape index (κ2) is 6.00. The Morgan fingerprint density at radius 3 is 2.63 bits per heavy atom. The van der Waals surface area contributed by atoms with E-state index in [-0.39, 0.29) is 0 Å². The number of carbonyl (C=O) groups excluding carboxylic acids is 1. The van der Waals surface area contributed by atoms with Gasteiger partial charge in [-0.05, 0) is 36.8 Å². The van der Waals surface area contributed by atoms with Gasteiger partial charge in [0.05, 0.1) is 7.11 Å². The number of aromatic nitrogens is 1. The Bertz CT molecular complexity index is 567. The maximum atomic E-state index is 11.7. The lowest BCUT2D eigenvalue weighted by Gasteiger charge is -2.11. The number of carbonyl (C=O) groups is 1. The zero-order chi connectivity index (χ0) is 13.7. The van der Waals surface area contributed by atoms with Gasteiger partial charge >= 0.3 is 5.97 Å². The van der Waals surface area contributed by atoms with Crippen LogP contribution in [0.5, 0.6) is 5.75 Å². The van der Waals surface area contributed by atoms with Crippen LogP contribution in [0.2, 0.25) is 0 Å². The van der Waals surface area contributed by atoms with Crippen LogP contribution in [0.15, 0.2) is 42.7 Å². The van der Waals surface area contributed by atoms with Crippen molar-refractivity contribution in [3.05, 3.63) is 59.4 Å². The van der Waals surface area contributed by atoms with Gasteiger partial charge in [-0.15, -0.1) is 0 Å². The molecule has 0 radical (unpaired) electrons. The van der Waals surface area contributed by atoms with E-state index >= 15 is 0 Å². The molecule has 1 aromatic carbocycles. The lowest BCUT2D eigenvalue weighted by molar-refractivity contribution is 0.0595. The van der Waals surface area contributed by atoms with Crippen LogP contribution in [0.3, 0.4) is 0 Å². The lowest BCUT2D eigenvalue weighted by Crippen LogP contribution is -2.06. The third-order valence-electron chi connectivity index (χ3n) is 2.68. The van der Waals surface area contributed by atoms with Crippen molar-refractivity contribution < 1.29 is 14.3 Å². The van der Waals surface area contributed by atoms with Gasteiger partial charge in [-0.1, -0.05) is 11.6 Å². The fourth-order valence-electron chi connectivity index (χ4n) is 1.68. The molecule has 0 fully saturated rings. The Morgan fingerprint density at radius 2 is 1.95 bits per heavy atom. The Kier molecular flexibility index (Phi) is 4.13. The molecule has 0 saturated carbocycles. The first-order valence-corrected chi connectivity index (χ1v) is 5.91. The molecule has 0 amide bonds. The van der Waals surface area contributed by atoms with Gasteiger partial charge in [0.25, 0.3) is 0 Å². The average molecular weight is 257 g/mol. The number of ether oxygens (including phenoxy) is 2. The highest BCUT2D eigenvalue weighted by Crippen LogP contribution is 2.22. The van der Waals surface area contributed by atoms with E-state index in [4.69, 9.17) is 9.47 Å². The summed E-state index contributed by atoms with van der Waals surface area (Å²) in [5.41, 5.74) is 2.42. The van der Waals surface area contributed by atoms with Crippen molar-refractivity contribution in [1.82, 2.24) is 4.98 Å². The molecule has 0 spiro atoms. The summed E-state index contributed by atoms with van der Waals surface area (Å²) in [4.78, 5) is 15.6. The number of hydrogen-bond donors (Lipinski definition) is 0. The minimum atomic E-state index is -0.395.